The summed E-state index contributed by atoms with van der Waals surface area (Å²) in [6.45, 7) is 1.76. The first kappa shape index (κ1) is 9.98. The van der Waals surface area contributed by atoms with Crippen LogP contribution < -0.4 is 5.32 Å². The second kappa shape index (κ2) is 3.74. The minimum Gasteiger partial charge on any atom is -0.336 e. The number of halogens is 1. The van der Waals surface area contributed by atoms with Gasteiger partial charge in [0.1, 0.15) is 5.38 Å². The van der Waals surface area contributed by atoms with Crippen molar-refractivity contribution < 1.29 is 9.59 Å². The van der Waals surface area contributed by atoms with Crippen LogP contribution in [0.5, 0.6) is 0 Å². The van der Waals surface area contributed by atoms with Crippen molar-refractivity contribution in [3.05, 3.63) is 0 Å². The molecule has 1 atom stereocenters. The van der Waals surface area contributed by atoms with Gasteiger partial charge >= 0.3 is 0 Å². The lowest BCUT2D eigenvalue weighted by atomic mass is 10.4. The third-order valence-electron chi connectivity index (χ3n) is 1.55. The fraction of sp³-hybridized carbons (Fsp3) is 0.571. The molecule has 1 unspecified atom stereocenters. The number of carbonyl (C=O) groups excluding carboxylic acids is 2. The highest BCUT2D eigenvalue weighted by atomic mass is 35.5. The molecule has 0 radical (unpaired) electrons. The highest BCUT2D eigenvalue weighted by Gasteiger charge is 2.22. The number of amides is 2. The highest BCUT2D eigenvalue weighted by molar-refractivity contribution is 6.31. The molecule has 6 heteroatoms. The molecule has 72 valence electrons. The molecule has 0 spiro atoms. The van der Waals surface area contributed by atoms with Crippen LogP contribution in [0.3, 0.4) is 0 Å². The fourth-order valence-electron chi connectivity index (χ4n) is 0.857. The Morgan fingerprint density at radius 3 is 2.77 bits per heavy atom. The third-order valence-corrected chi connectivity index (χ3v) is 1.74. The van der Waals surface area contributed by atoms with Gasteiger partial charge in [0.05, 0.1) is 6.54 Å². The Kier molecular flexibility index (Phi) is 2.87. The van der Waals surface area contributed by atoms with Gasteiger partial charge in [-0.2, -0.15) is 4.99 Å². The summed E-state index contributed by atoms with van der Waals surface area (Å²) in [5.41, 5.74) is 0. The third kappa shape index (κ3) is 2.42. The molecule has 1 fully saturated rings. The molecule has 0 bridgehead atoms. The molecule has 1 heterocycles. The van der Waals surface area contributed by atoms with Crippen molar-refractivity contribution in [2.45, 2.75) is 12.3 Å². The van der Waals surface area contributed by atoms with Crippen molar-refractivity contribution in [2.75, 3.05) is 13.6 Å². The van der Waals surface area contributed by atoms with E-state index in [1.54, 1.807) is 11.9 Å². The Balaban J connectivity index is 2.72. The Labute approximate surface area is 80.8 Å². The van der Waals surface area contributed by atoms with Gasteiger partial charge in [-0.05, 0) is 6.92 Å². The van der Waals surface area contributed by atoms with E-state index in [1.165, 1.54) is 6.92 Å². The van der Waals surface area contributed by atoms with Crippen LogP contribution in [-0.4, -0.2) is 41.6 Å². The molecule has 0 aliphatic carbocycles. The first-order valence-electron chi connectivity index (χ1n) is 3.78. The molecule has 13 heavy (non-hydrogen) atoms. The molecule has 0 aromatic heterocycles. The van der Waals surface area contributed by atoms with Gasteiger partial charge < -0.3 is 4.90 Å². The summed E-state index contributed by atoms with van der Waals surface area (Å²) in [4.78, 5) is 27.1. The zero-order valence-corrected chi connectivity index (χ0v) is 8.13. The largest absolute Gasteiger partial charge is 0.336 e. The number of hydrogen-bond donors (Lipinski definition) is 1. The number of guanidine groups is 1. The highest BCUT2D eigenvalue weighted by Crippen LogP contribution is 2.00. The zero-order valence-electron chi connectivity index (χ0n) is 7.37. The number of alkyl halides is 1. The van der Waals surface area contributed by atoms with Crippen molar-refractivity contribution in [2.24, 2.45) is 4.99 Å². The minimum atomic E-state index is -0.668. The molecule has 5 nitrogen and oxygen atoms in total. The number of hydrogen-bond acceptors (Lipinski definition) is 2. The molecule has 0 aromatic carbocycles. The summed E-state index contributed by atoms with van der Waals surface area (Å²) in [5.74, 6) is -0.357. The summed E-state index contributed by atoms with van der Waals surface area (Å²) in [6, 6.07) is 0. The molecular formula is C7H10ClN3O2. The molecule has 1 N–H and O–H groups in total. The van der Waals surface area contributed by atoms with E-state index in [4.69, 9.17) is 11.6 Å². The fourth-order valence-corrected chi connectivity index (χ4v) is 0.905. The van der Waals surface area contributed by atoms with Gasteiger partial charge in [-0.3, -0.25) is 14.9 Å². The van der Waals surface area contributed by atoms with Gasteiger partial charge in [0.2, 0.25) is 11.9 Å². The standard InChI is InChI=1S/C7H10ClN3O2/c1-4(8)6(13)10-7-9-5(12)3-11(7)2/h4H,3H2,1-2H3,(H,9,10,12,13). The number of carbonyl (C=O) groups is 2. The van der Waals surface area contributed by atoms with Gasteiger partial charge in [0.15, 0.2) is 0 Å². The SMILES string of the molecule is CC(Cl)C(=O)N=C1NC(=O)CN1C. The Morgan fingerprint density at radius 1 is 1.77 bits per heavy atom. The lowest BCUT2D eigenvalue weighted by Gasteiger charge is -2.07. The molecular weight excluding hydrogens is 194 g/mol. The predicted octanol–water partition coefficient (Wildman–Crippen LogP) is -0.442. The van der Waals surface area contributed by atoms with Gasteiger partial charge in [0.25, 0.3) is 5.91 Å². The second-order valence-electron chi connectivity index (χ2n) is 2.79. The predicted molar refractivity (Wildman–Crippen MR) is 48.5 cm³/mol. The van der Waals surface area contributed by atoms with Crippen LogP contribution in [-0.2, 0) is 9.59 Å². The normalized spacial score (nSPS) is 21.9. The summed E-state index contributed by atoms with van der Waals surface area (Å²) in [7, 11) is 1.67. The first-order valence-corrected chi connectivity index (χ1v) is 4.22. The maximum Gasteiger partial charge on any atom is 0.266 e. The number of rotatable bonds is 1. The molecule has 1 aliphatic rings. The van der Waals surface area contributed by atoms with Crippen LogP contribution in [0.4, 0.5) is 0 Å². The summed E-state index contributed by atoms with van der Waals surface area (Å²) in [6.07, 6.45) is 0. The van der Waals surface area contributed by atoms with Crippen LogP contribution in [0.25, 0.3) is 0 Å². The van der Waals surface area contributed by atoms with Crippen LogP contribution >= 0.6 is 11.6 Å². The Morgan fingerprint density at radius 2 is 2.38 bits per heavy atom. The van der Waals surface area contributed by atoms with Crippen molar-refractivity contribution >= 4 is 29.4 Å². The Bertz CT molecular complexity index is 275. The lowest BCUT2D eigenvalue weighted by molar-refractivity contribution is -0.118. The van der Waals surface area contributed by atoms with Crippen LogP contribution in [0.15, 0.2) is 4.99 Å². The maximum atomic E-state index is 11.1. The van der Waals surface area contributed by atoms with E-state index < -0.39 is 11.3 Å². The summed E-state index contributed by atoms with van der Waals surface area (Å²) in [5, 5.41) is 1.78. The van der Waals surface area contributed by atoms with Crippen molar-refractivity contribution in [1.29, 1.82) is 0 Å². The van der Waals surface area contributed by atoms with Gasteiger partial charge in [-0.25, -0.2) is 0 Å². The monoisotopic (exact) mass is 203 g/mol. The number of aliphatic imine (C=N–C) groups is 1. The summed E-state index contributed by atoms with van der Waals surface area (Å²) >= 11 is 5.50. The van der Waals surface area contributed by atoms with Crippen molar-refractivity contribution in [3.63, 3.8) is 0 Å². The van der Waals surface area contributed by atoms with Gasteiger partial charge in [-0.15, -0.1) is 11.6 Å². The van der Waals surface area contributed by atoms with E-state index in [-0.39, 0.29) is 18.4 Å². The molecule has 2 amide bonds. The zero-order chi connectivity index (χ0) is 10.0. The second-order valence-corrected chi connectivity index (χ2v) is 3.45. The summed E-state index contributed by atoms with van der Waals surface area (Å²) < 4.78 is 0. The molecule has 1 saturated heterocycles. The number of nitrogens with zero attached hydrogens (tertiary/aromatic N) is 2. The lowest BCUT2D eigenvalue weighted by Crippen LogP contribution is -2.29. The average molecular weight is 204 g/mol. The maximum absolute atomic E-state index is 11.1. The van der Waals surface area contributed by atoms with Gasteiger partial charge in [0, 0.05) is 7.05 Å². The molecule has 0 saturated carbocycles. The minimum absolute atomic E-state index is 0.170. The molecule has 1 rings (SSSR count). The quantitative estimate of drug-likeness (QED) is 0.588. The van der Waals surface area contributed by atoms with Crippen LogP contribution in [0, 0.1) is 0 Å². The Hall–Kier alpha value is -1.10. The topological polar surface area (TPSA) is 61.8 Å². The van der Waals surface area contributed by atoms with E-state index in [0.29, 0.717) is 0 Å². The number of nitrogens with one attached hydrogen (secondary N) is 1. The van der Waals surface area contributed by atoms with E-state index >= 15 is 0 Å². The van der Waals surface area contributed by atoms with E-state index in [2.05, 4.69) is 10.3 Å². The number of likely N-dealkylation sites (N-methyl/N-ethyl adjacent to an activating group) is 1. The van der Waals surface area contributed by atoms with Crippen LogP contribution in [0.1, 0.15) is 6.92 Å². The average Bonchev–Trinajstić information content (AvgIpc) is 2.30. The van der Waals surface area contributed by atoms with Gasteiger partial charge in [-0.1, -0.05) is 0 Å². The molecule has 0 aromatic rings. The van der Waals surface area contributed by atoms with Crippen LogP contribution in [0.2, 0.25) is 0 Å². The van der Waals surface area contributed by atoms with E-state index in [9.17, 15) is 9.59 Å². The first-order chi connectivity index (χ1) is 6.00. The van der Waals surface area contributed by atoms with Crippen molar-refractivity contribution in [1.82, 2.24) is 10.2 Å². The van der Waals surface area contributed by atoms with E-state index in [1.807, 2.05) is 0 Å². The van der Waals surface area contributed by atoms with Crippen molar-refractivity contribution in [3.8, 4) is 0 Å². The molecule has 1 aliphatic heterocycles. The van der Waals surface area contributed by atoms with E-state index in [0.717, 1.165) is 0 Å². The smallest absolute Gasteiger partial charge is 0.266 e.